The van der Waals surface area contributed by atoms with Crippen LogP contribution in [0.15, 0.2) is 28.8 Å². The van der Waals surface area contributed by atoms with Gasteiger partial charge in [0.05, 0.1) is 5.69 Å². The number of amides is 1. The van der Waals surface area contributed by atoms with Crippen molar-refractivity contribution in [3.63, 3.8) is 0 Å². The number of halogens is 3. The van der Waals surface area contributed by atoms with Crippen molar-refractivity contribution in [1.82, 2.24) is 10.5 Å². The van der Waals surface area contributed by atoms with E-state index in [1.807, 2.05) is 6.92 Å². The molecule has 0 aliphatic carbocycles. The van der Waals surface area contributed by atoms with Gasteiger partial charge in [-0.05, 0) is 19.4 Å². The molecule has 8 heteroatoms. The maximum atomic E-state index is 12.4. The Morgan fingerprint density at radius 3 is 2.70 bits per heavy atom. The number of carbonyl (C=O) groups excluding carboxylic acids is 1. The molecule has 2 aromatic rings. The Kier molecular flexibility index (Phi) is 4.92. The second-order valence-corrected chi connectivity index (χ2v) is 4.75. The second kappa shape index (κ2) is 6.72. The number of aromatic nitrogens is 1. The van der Waals surface area contributed by atoms with Crippen LogP contribution < -0.4 is 10.1 Å². The molecule has 0 saturated heterocycles. The van der Waals surface area contributed by atoms with E-state index in [1.165, 1.54) is 18.2 Å². The minimum atomic E-state index is -4.79. The summed E-state index contributed by atoms with van der Waals surface area (Å²) in [5.74, 6) is -0.445. The highest BCUT2D eigenvalue weighted by Crippen LogP contribution is 2.26. The van der Waals surface area contributed by atoms with Crippen molar-refractivity contribution in [3.8, 4) is 5.75 Å². The van der Waals surface area contributed by atoms with Crippen LogP contribution >= 0.6 is 0 Å². The number of aryl methyl sites for hydroxylation is 2. The van der Waals surface area contributed by atoms with Crippen LogP contribution in [0.5, 0.6) is 5.75 Å². The molecule has 1 aromatic carbocycles. The Balaban J connectivity index is 2.12. The molecule has 0 aliphatic rings. The molecule has 1 amide bonds. The van der Waals surface area contributed by atoms with Gasteiger partial charge < -0.3 is 14.6 Å². The molecule has 0 bridgehead atoms. The van der Waals surface area contributed by atoms with Crippen molar-refractivity contribution in [1.29, 1.82) is 0 Å². The maximum absolute atomic E-state index is 12.4. The summed E-state index contributed by atoms with van der Waals surface area (Å²) in [4.78, 5) is 12.2. The van der Waals surface area contributed by atoms with Gasteiger partial charge in [-0.2, -0.15) is 0 Å². The zero-order chi connectivity index (χ0) is 17.0. The van der Waals surface area contributed by atoms with Crippen LogP contribution in [0.1, 0.15) is 34.3 Å². The number of hydrogen-bond donors (Lipinski definition) is 1. The highest BCUT2D eigenvalue weighted by atomic mass is 19.4. The topological polar surface area (TPSA) is 64.4 Å². The molecular formula is C15H15F3N2O3. The van der Waals surface area contributed by atoms with Gasteiger partial charge in [-0.25, -0.2) is 0 Å². The third kappa shape index (κ3) is 4.24. The number of nitrogens with zero attached hydrogens (tertiary/aromatic N) is 1. The number of ether oxygens (including phenoxy) is 1. The normalized spacial score (nSPS) is 11.3. The average molecular weight is 328 g/mol. The van der Waals surface area contributed by atoms with Gasteiger partial charge in [0.2, 0.25) is 0 Å². The fourth-order valence-electron chi connectivity index (χ4n) is 2.09. The predicted molar refractivity (Wildman–Crippen MR) is 74.9 cm³/mol. The first-order chi connectivity index (χ1) is 10.8. The number of para-hydroxylation sites is 1. The van der Waals surface area contributed by atoms with Gasteiger partial charge in [0.25, 0.3) is 5.91 Å². The molecule has 23 heavy (non-hydrogen) atoms. The Bertz CT molecular complexity index is 696. The molecule has 0 aliphatic heterocycles. The molecule has 5 nitrogen and oxygen atoms in total. The van der Waals surface area contributed by atoms with Crippen molar-refractivity contribution < 1.29 is 27.2 Å². The minimum Gasteiger partial charge on any atom is -0.405 e. The number of benzene rings is 1. The quantitative estimate of drug-likeness (QED) is 0.914. The lowest BCUT2D eigenvalue weighted by Crippen LogP contribution is -2.25. The lowest BCUT2D eigenvalue weighted by molar-refractivity contribution is -0.274. The maximum Gasteiger partial charge on any atom is 0.573 e. The number of hydrogen-bond acceptors (Lipinski definition) is 4. The molecule has 1 N–H and O–H groups in total. The molecule has 0 fully saturated rings. The fraction of sp³-hybridized carbons (Fsp3) is 0.333. The Labute approximate surface area is 130 Å². The molecule has 0 spiro atoms. The summed E-state index contributed by atoms with van der Waals surface area (Å²) in [5.41, 5.74) is 1.02. The van der Waals surface area contributed by atoms with E-state index in [0.29, 0.717) is 23.4 Å². The lowest BCUT2D eigenvalue weighted by Gasteiger charge is -2.13. The van der Waals surface area contributed by atoms with Crippen LogP contribution in [-0.2, 0) is 13.0 Å². The molecule has 1 heterocycles. The van der Waals surface area contributed by atoms with Gasteiger partial charge in [0.1, 0.15) is 17.1 Å². The first kappa shape index (κ1) is 16.9. The zero-order valence-electron chi connectivity index (χ0n) is 12.5. The van der Waals surface area contributed by atoms with Gasteiger partial charge in [0.15, 0.2) is 0 Å². The Morgan fingerprint density at radius 2 is 2.04 bits per heavy atom. The summed E-state index contributed by atoms with van der Waals surface area (Å²) in [6.07, 6.45) is -4.28. The monoisotopic (exact) mass is 328 g/mol. The summed E-state index contributed by atoms with van der Waals surface area (Å²) in [7, 11) is 0. The van der Waals surface area contributed by atoms with E-state index in [2.05, 4.69) is 15.2 Å². The second-order valence-electron chi connectivity index (χ2n) is 4.75. The molecular weight excluding hydrogens is 313 g/mol. The smallest absolute Gasteiger partial charge is 0.405 e. The van der Waals surface area contributed by atoms with E-state index in [9.17, 15) is 18.0 Å². The minimum absolute atomic E-state index is 0.112. The summed E-state index contributed by atoms with van der Waals surface area (Å²) < 4.78 is 46.0. The third-order valence-electron chi connectivity index (χ3n) is 3.13. The van der Waals surface area contributed by atoms with Crippen LogP contribution in [-0.4, -0.2) is 17.4 Å². The largest absolute Gasteiger partial charge is 0.573 e. The average Bonchev–Trinajstić information content (AvgIpc) is 2.85. The van der Waals surface area contributed by atoms with E-state index in [-0.39, 0.29) is 17.9 Å². The SMILES string of the molecule is CCc1noc(C)c1C(=O)NCc1ccccc1OC(F)(F)F. The highest BCUT2D eigenvalue weighted by molar-refractivity contribution is 5.96. The van der Waals surface area contributed by atoms with Crippen LogP contribution in [0.2, 0.25) is 0 Å². The molecule has 0 unspecified atom stereocenters. The van der Waals surface area contributed by atoms with Crippen LogP contribution in [0.4, 0.5) is 13.2 Å². The number of nitrogens with one attached hydrogen (secondary N) is 1. The summed E-state index contributed by atoms with van der Waals surface area (Å²) >= 11 is 0. The Morgan fingerprint density at radius 1 is 1.35 bits per heavy atom. The third-order valence-corrected chi connectivity index (χ3v) is 3.13. The van der Waals surface area contributed by atoms with E-state index in [1.54, 1.807) is 13.0 Å². The molecule has 0 atom stereocenters. The van der Waals surface area contributed by atoms with Gasteiger partial charge in [-0.3, -0.25) is 4.79 Å². The van der Waals surface area contributed by atoms with E-state index < -0.39 is 12.3 Å². The lowest BCUT2D eigenvalue weighted by atomic mass is 10.1. The first-order valence-electron chi connectivity index (χ1n) is 6.88. The van der Waals surface area contributed by atoms with Crippen LogP contribution in [0.25, 0.3) is 0 Å². The number of carbonyl (C=O) groups is 1. The van der Waals surface area contributed by atoms with Gasteiger partial charge in [0, 0.05) is 12.1 Å². The zero-order valence-corrected chi connectivity index (χ0v) is 12.5. The standard InChI is InChI=1S/C15H15F3N2O3/c1-3-11-13(9(2)23-20-11)14(21)19-8-10-6-4-5-7-12(10)22-15(16,17)18/h4-7H,3,8H2,1-2H3,(H,19,21). The van der Waals surface area contributed by atoms with Crippen molar-refractivity contribution in [2.75, 3.05) is 0 Å². The predicted octanol–water partition coefficient (Wildman–Crippen LogP) is 3.37. The summed E-state index contributed by atoms with van der Waals surface area (Å²) in [6, 6.07) is 5.62. The van der Waals surface area contributed by atoms with Crippen molar-refractivity contribution in [2.24, 2.45) is 0 Å². The summed E-state index contributed by atoms with van der Waals surface area (Å²) in [6.45, 7) is 3.31. The number of alkyl halides is 3. The van der Waals surface area contributed by atoms with Crippen LogP contribution in [0, 0.1) is 6.92 Å². The van der Waals surface area contributed by atoms with E-state index in [4.69, 9.17) is 4.52 Å². The molecule has 124 valence electrons. The van der Waals surface area contributed by atoms with Crippen molar-refractivity contribution >= 4 is 5.91 Å². The molecule has 0 radical (unpaired) electrons. The van der Waals surface area contributed by atoms with Crippen LogP contribution in [0.3, 0.4) is 0 Å². The first-order valence-corrected chi connectivity index (χ1v) is 6.88. The fourth-order valence-corrected chi connectivity index (χ4v) is 2.09. The van der Waals surface area contributed by atoms with Gasteiger partial charge in [-0.1, -0.05) is 30.3 Å². The molecule has 0 saturated carbocycles. The van der Waals surface area contributed by atoms with E-state index >= 15 is 0 Å². The molecule has 2 rings (SSSR count). The van der Waals surface area contributed by atoms with Gasteiger partial charge in [-0.15, -0.1) is 13.2 Å². The molecule has 1 aromatic heterocycles. The number of rotatable bonds is 5. The van der Waals surface area contributed by atoms with Crippen molar-refractivity contribution in [3.05, 3.63) is 46.8 Å². The highest BCUT2D eigenvalue weighted by Gasteiger charge is 2.32. The van der Waals surface area contributed by atoms with E-state index in [0.717, 1.165) is 0 Å². The van der Waals surface area contributed by atoms with Gasteiger partial charge >= 0.3 is 6.36 Å². The van der Waals surface area contributed by atoms with Crippen molar-refractivity contribution in [2.45, 2.75) is 33.2 Å². The summed E-state index contributed by atoms with van der Waals surface area (Å²) in [5, 5.41) is 6.32. The Hall–Kier alpha value is -2.51.